The molecule has 2 aromatic rings. The number of rotatable bonds is 6. The second kappa shape index (κ2) is 6.84. The van der Waals surface area contributed by atoms with Crippen molar-refractivity contribution in [1.82, 2.24) is 15.5 Å². The summed E-state index contributed by atoms with van der Waals surface area (Å²) in [6, 6.07) is 10.2. The fourth-order valence-corrected chi connectivity index (χ4v) is 1.77. The molecular weight excluding hydrogens is 254 g/mol. The average Bonchev–Trinajstić information content (AvgIpc) is 2.94. The third kappa shape index (κ3) is 3.91. The van der Waals surface area contributed by atoms with Crippen LogP contribution in [0.2, 0.25) is 0 Å². The van der Waals surface area contributed by atoms with E-state index in [-0.39, 0.29) is 17.7 Å². The van der Waals surface area contributed by atoms with Crippen LogP contribution in [0.1, 0.15) is 48.3 Å². The summed E-state index contributed by atoms with van der Waals surface area (Å²) in [7, 11) is 0. The Labute approximate surface area is 118 Å². The van der Waals surface area contributed by atoms with Crippen LogP contribution in [0.3, 0.4) is 0 Å². The maximum Gasteiger partial charge on any atom is 0.308 e. The first-order valence-corrected chi connectivity index (χ1v) is 6.82. The van der Waals surface area contributed by atoms with Crippen molar-refractivity contribution in [3.8, 4) is 0 Å². The number of carbonyl (C=O) groups excluding carboxylic acids is 1. The fourth-order valence-electron chi connectivity index (χ4n) is 1.77. The molecular formula is C15H19N3O2. The van der Waals surface area contributed by atoms with E-state index in [0.717, 1.165) is 12.8 Å². The van der Waals surface area contributed by atoms with Crippen molar-refractivity contribution < 1.29 is 9.21 Å². The van der Waals surface area contributed by atoms with E-state index in [0.29, 0.717) is 12.4 Å². The van der Waals surface area contributed by atoms with Gasteiger partial charge < -0.3 is 9.73 Å². The van der Waals surface area contributed by atoms with Gasteiger partial charge in [-0.25, -0.2) is 0 Å². The molecule has 0 aliphatic carbocycles. The van der Waals surface area contributed by atoms with Gasteiger partial charge in [0.2, 0.25) is 5.89 Å². The number of nitrogens with one attached hydrogen (secondary N) is 1. The van der Waals surface area contributed by atoms with Gasteiger partial charge in [-0.05, 0) is 18.4 Å². The van der Waals surface area contributed by atoms with Crippen molar-refractivity contribution in [3.05, 3.63) is 47.7 Å². The first-order chi connectivity index (χ1) is 9.66. The summed E-state index contributed by atoms with van der Waals surface area (Å²) >= 11 is 0. The molecule has 20 heavy (non-hydrogen) atoms. The van der Waals surface area contributed by atoms with Crippen molar-refractivity contribution in [2.45, 2.75) is 32.6 Å². The molecule has 0 fully saturated rings. The van der Waals surface area contributed by atoms with Gasteiger partial charge in [-0.3, -0.25) is 4.79 Å². The van der Waals surface area contributed by atoms with Gasteiger partial charge in [0.15, 0.2) is 0 Å². The van der Waals surface area contributed by atoms with Crippen LogP contribution < -0.4 is 5.32 Å². The van der Waals surface area contributed by atoms with E-state index in [4.69, 9.17) is 4.42 Å². The molecule has 5 nitrogen and oxygen atoms in total. The zero-order chi connectivity index (χ0) is 14.4. The van der Waals surface area contributed by atoms with Crippen LogP contribution >= 0.6 is 0 Å². The van der Waals surface area contributed by atoms with E-state index in [9.17, 15) is 4.79 Å². The maximum atomic E-state index is 11.8. The van der Waals surface area contributed by atoms with Crippen LogP contribution in [-0.2, 0) is 6.42 Å². The SMILES string of the molecule is CC(C)c1nnc(C(=O)NCCCc2ccccc2)o1. The molecule has 0 radical (unpaired) electrons. The highest BCUT2D eigenvalue weighted by molar-refractivity contribution is 5.89. The molecule has 0 saturated carbocycles. The standard InChI is InChI=1S/C15H19N3O2/c1-11(2)14-17-18-15(20-14)13(19)16-10-6-9-12-7-4-3-5-8-12/h3-5,7-8,11H,6,9-10H2,1-2H3,(H,16,19). The van der Waals surface area contributed by atoms with E-state index in [1.807, 2.05) is 32.0 Å². The summed E-state index contributed by atoms with van der Waals surface area (Å²) < 4.78 is 5.29. The minimum absolute atomic E-state index is 0.0356. The van der Waals surface area contributed by atoms with Crippen molar-refractivity contribution >= 4 is 5.91 Å². The number of hydrogen-bond donors (Lipinski definition) is 1. The molecule has 1 heterocycles. The predicted octanol–water partition coefficient (Wildman–Crippen LogP) is 2.56. The van der Waals surface area contributed by atoms with Gasteiger partial charge >= 0.3 is 11.8 Å². The van der Waals surface area contributed by atoms with Gasteiger partial charge in [-0.1, -0.05) is 44.2 Å². The summed E-state index contributed by atoms with van der Waals surface area (Å²) in [5.74, 6) is 0.340. The average molecular weight is 273 g/mol. The Kier molecular flexibility index (Phi) is 4.87. The van der Waals surface area contributed by atoms with Gasteiger partial charge in [0, 0.05) is 12.5 Å². The Morgan fingerprint density at radius 1 is 1.25 bits per heavy atom. The highest BCUT2D eigenvalue weighted by Crippen LogP contribution is 2.11. The summed E-state index contributed by atoms with van der Waals surface area (Å²) in [6.07, 6.45) is 1.81. The van der Waals surface area contributed by atoms with Gasteiger partial charge in [0.05, 0.1) is 0 Å². The molecule has 0 saturated heterocycles. The number of hydrogen-bond acceptors (Lipinski definition) is 4. The molecule has 0 spiro atoms. The van der Waals surface area contributed by atoms with Gasteiger partial charge in [-0.2, -0.15) is 0 Å². The monoisotopic (exact) mass is 273 g/mol. The molecule has 1 aromatic carbocycles. The maximum absolute atomic E-state index is 11.8. The zero-order valence-corrected chi connectivity index (χ0v) is 11.8. The van der Waals surface area contributed by atoms with Crippen LogP contribution in [-0.4, -0.2) is 22.6 Å². The van der Waals surface area contributed by atoms with Crippen LogP contribution in [0.5, 0.6) is 0 Å². The van der Waals surface area contributed by atoms with E-state index in [2.05, 4.69) is 27.6 Å². The first-order valence-electron chi connectivity index (χ1n) is 6.82. The number of amides is 1. The topological polar surface area (TPSA) is 68.0 Å². The van der Waals surface area contributed by atoms with Crippen molar-refractivity contribution in [3.63, 3.8) is 0 Å². The second-order valence-electron chi connectivity index (χ2n) is 4.95. The minimum atomic E-state index is -0.308. The summed E-state index contributed by atoms with van der Waals surface area (Å²) in [5.41, 5.74) is 1.27. The normalized spacial score (nSPS) is 10.8. The minimum Gasteiger partial charge on any atom is -0.417 e. The Balaban J connectivity index is 1.75. The third-order valence-electron chi connectivity index (χ3n) is 2.90. The smallest absolute Gasteiger partial charge is 0.308 e. The Bertz CT molecular complexity index is 549. The van der Waals surface area contributed by atoms with Crippen LogP contribution in [0.15, 0.2) is 34.7 Å². The summed E-state index contributed by atoms with van der Waals surface area (Å²) in [5, 5.41) is 10.4. The van der Waals surface area contributed by atoms with Gasteiger partial charge in [0.1, 0.15) is 0 Å². The lowest BCUT2D eigenvalue weighted by Gasteiger charge is -2.02. The van der Waals surface area contributed by atoms with E-state index in [1.54, 1.807) is 0 Å². The molecule has 5 heteroatoms. The van der Waals surface area contributed by atoms with Crippen LogP contribution in [0.4, 0.5) is 0 Å². The first kappa shape index (κ1) is 14.2. The highest BCUT2D eigenvalue weighted by Gasteiger charge is 2.15. The lowest BCUT2D eigenvalue weighted by molar-refractivity contribution is 0.0916. The molecule has 2 rings (SSSR count). The molecule has 1 amide bonds. The number of aryl methyl sites for hydroxylation is 1. The number of nitrogens with zero attached hydrogens (tertiary/aromatic N) is 2. The summed E-state index contributed by atoms with van der Waals surface area (Å²) in [4.78, 5) is 11.8. The molecule has 0 bridgehead atoms. The van der Waals surface area contributed by atoms with Crippen LogP contribution in [0.25, 0.3) is 0 Å². The molecule has 0 unspecified atom stereocenters. The Hall–Kier alpha value is -2.17. The predicted molar refractivity (Wildman–Crippen MR) is 75.5 cm³/mol. The number of benzene rings is 1. The molecule has 1 aromatic heterocycles. The fraction of sp³-hybridized carbons (Fsp3) is 0.400. The largest absolute Gasteiger partial charge is 0.417 e. The third-order valence-corrected chi connectivity index (χ3v) is 2.90. The molecule has 0 aliphatic rings. The van der Waals surface area contributed by atoms with Gasteiger partial charge in [-0.15, -0.1) is 10.2 Å². The lowest BCUT2D eigenvalue weighted by Crippen LogP contribution is -2.25. The quantitative estimate of drug-likeness (QED) is 0.821. The van der Waals surface area contributed by atoms with E-state index >= 15 is 0 Å². The Morgan fingerprint density at radius 3 is 2.65 bits per heavy atom. The Morgan fingerprint density at radius 2 is 2.00 bits per heavy atom. The van der Waals surface area contributed by atoms with Crippen molar-refractivity contribution in [2.24, 2.45) is 0 Å². The van der Waals surface area contributed by atoms with E-state index in [1.165, 1.54) is 5.56 Å². The molecule has 1 N–H and O–H groups in total. The van der Waals surface area contributed by atoms with Crippen molar-refractivity contribution in [2.75, 3.05) is 6.54 Å². The number of aromatic nitrogens is 2. The molecule has 0 atom stereocenters. The second-order valence-corrected chi connectivity index (χ2v) is 4.95. The molecule has 106 valence electrons. The number of carbonyl (C=O) groups is 1. The zero-order valence-electron chi connectivity index (χ0n) is 11.8. The van der Waals surface area contributed by atoms with Gasteiger partial charge in [0.25, 0.3) is 0 Å². The highest BCUT2D eigenvalue weighted by atomic mass is 16.4. The van der Waals surface area contributed by atoms with E-state index < -0.39 is 0 Å². The molecule has 0 aliphatic heterocycles. The van der Waals surface area contributed by atoms with Crippen molar-refractivity contribution in [1.29, 1.82) is 0 Å². The summed E-state index contributed by atoms with van der Waals surface area (Å²) in [6.45, 7) is 4.47. The van der Waals surface area contributed by atoms with Crippen LogP contribution in [0, 0.1) is 0 Å². The lowest BCUT2D eigenvalue weighted by atomic mass is 10.1.